The fourth-order valence-electron chi connectivity index (χ4n) is 5.02. The number of halogens is 3. The van der Waals surface area contributed by atoms with Gasteiger partial charge in [-0.3, -0.25) is 9.69 Å². The third-order valence-electron chi connectivity index (χ3n) is 6.82. The Labute approximate surface area is 232 Å². The molecule has 3 aromatic rings. The molecule has 4 rings (SSSR count). The summed E-state index contributed by atoms with van der Waals surface area (Å²) in [5.41, 5.74) is -0.417. The van der Waals surface area contributed by atoms with E-state index in [1.54, 1.807) is 69.3 Å². The largest absolute Gasteiger partial charge is 0.444 e. The van der Waals surface area contributed by atoms with E-state index >= 15 is 0 Å². The molecule has 0 bridgehead atoms. The zero-order valence-corrected chi connectivity index (χ0v) is 23.1. The number of likely N-dealkylation sites (N-methyl/N-ethyl adjacent to an activating group) is 1. The van der Waals surface area contributed by atoms with E-state index in [1.165, 1.54) is 11.9 Å². The highest BCUT2D eigenvalue weighted by Crippen LogP contribution is 2.34. The average Bonchev–Trinajstić information content (AvgIpc) is 2.88. The number of benzene rings is 2. The minimum atomic E-state index is -4.57. The molecule has 0 saturated heterocycles. The molecule has 1 aliphatic rings. The number of nitrogens with one attached hydrogen (secondary N) is 2. The molecule has 1 saturated carbocycles. The predicted octanol–water partition coefficient (Wildman–Crippen LogP) is 6.70. The molecular weight excluding hydrogens is 521 g/mol. The molecule has 1 aromatic heterocycles. The van der Waals surface area contributed by atoms with Gasteiger partial charge < -0.3 is 15.4 Å². The number of rotatable bonds is 6. The summed E-state index contributed by atoms with van der Waals surface area (Å²) in [5, 5.41) is 6.98. The second kappa shape index (κ2) is 11.7. The van der Waals surface area contributed by atoms with Crippen molar-refractivity contribution in [2.75, 3.05) is 12.4 Å². The standard InChI is InChI=1S/C30H35F3N4O3/c1-29(2,3)40-28(39)37(4)26(19-11-6-5-7-12-19)27(38)35-21-14-10-13-20(17-21)34-24-18-25(30(31,32)33)36-23-16-9-8-15-22(23)24/h5-9,11-12,15-16,18,20-21,26H,10,13-14,17H2,1-4H3,(H,34,36)(H,35,38)/t20-,21+,26-/m0/s1. The highest BCUT2D eigenvalue weighted by atomic mass is 19.4. The Balaban J connectivity index is 1.51. The number of fused-ring (bicyclic) bond motifs is 1. The van der Waals surface area contributed by atoms with Gasteiger partial charge in [0.1, 0.15) is 17.3 Å². The van der Waals surface area contributed by atoms with Crippen molar-refractivity contribution in [3.05, 3.63) is 71.9 Å². The summed E-state index contributed by atoms with van der Waals surface area (Å²) in [7, 11) is 1.53. The van der Waals surface area contributed by atoms with Crippen LogP contribution in [-0.4, -0.2) is 46.6 Å². The SMILES string of the molecule is CN(C(=O)OC(C)(C)C)[C@H](C(=O)N[C@@H]1CCC[C@H](Nc2cc(C(F)(F)F)nc3ccccc23)C1)c1ccccc1. The normalized spacial score (nSPS) is 18.6. The first kappa shape index (κ1) is 29.2. The van der Waals surface area contributed by atoms with Crippen LogP contribution in [0.25, 0.3) is 10.9 Å². The van der Waals surface area contributed by atoms with E-state index in [-0.39, 0.29) is 23.5 Å². The minimum absolute atomic E-state index is 0.162. The van der Waals surface area contributed by atoms with E-state index in [2.05, 4.69) is 15.6 Å². The molecule has 1 aliphatic carbocycles. The number of alkyl halides is 3. The van der Waals surface area contributed by atoms with Crippen molar-refractivity contribution in [1.82, 2.24) is 15.2 Å². The summed E-state index contributed by atoms with van der Waals surface area (Å²) < 4.78 is 46.1. The lowest BCUT2D eigenvalue weighted by molar-refractivity contribution is -0.140. The summed E-state index contributed by atoms with van der Waals surface area (Å²) in [6.07, 6.45) is -2.45. The van der Waals surface area contributed by atoms with Crippen molar-refractivity contribution in [2.45, 2.75) is 76.4 Å². The van der Waals surface area contributed by atoms with Gasteiger partial charge in [-0.05, 0) is 64.2 Å². The zero-order valence-electron chi connectivity index (χ0n) is 23.1. The summed E-state index contributed by atoms with van der Waals surface area (Å²) in [6.45, 7) is 5.28. The van der Waals surface area contributed by atoms with Gasteiger partial charge in [-0.15, -0.1) is 0 Å². The number of para-hydroxylation sites is 1. The van der Waals surface area contributed by atoms with Gasteiger partial charge in [-0.2, -0.15) is 13.2 Å². The molecular formula is C30H35F3N4O3. The van der Waals surface area contributed by atoms with Crippen LogP contribution in [0.5, 0.6) is 0 Å². The highest BCUT2D eigenvalue weighted by Gasteiger charge is 2.35. The molecule has 0 unspecified atom stereocenters. The predicted molar refractivity (Wildman–Crippen MR) is 148 cm³/mol. The lowest BCUT2D eigenvalue weighted by atomic mass is 9.90. The van der Waals surface area contributed by atoms with Gasteiger partial charge in [0.25, 0.3) is 0 Å². The maximum Gasteiger partial charge on any atom is 0.433 e. The van der Waals surface area contributed by atoms with Crippen LogP contribution < -0.4 is 10.6 Å². The minimum Gasteiger partial charge on any atom is -0.444 e. The molecule has 40 heavy (non-hydrogen) atoms. The van der Waals surface area contributed by atoms with Crippen LogP contribution in [0.3, 0.4) is 0 Å². The van der Waals surface area contributed by atoms with Crippen molar-refractivity contribution in [2.24, 2.45) is 0 Å². The third-order valence-corrected chi connectivity index (χ3v) is 6.82. The Morgan fingerprint density at radius 2 is 1.65 bits per heavy atom. The van der Waals surface area contributed by atoms with Gasteiger partial charge in [-0.25, -0.2) is 9.78 Å². The van der Waals surface area contributed by atoms with Crippen LogP contribution in [0.4, 0.5) is 23.7 Å². The van der Waals surface area contributed by atoms with E-state index < -0.39 is 29.6 Å². The number of pyridine rings is 1. The van der Waals surface area contributed by atoms with Crippen molar-refractivity contribution < 1.29 is 27.5 Å². The molecule has 10 heteroatoms. The highest BCUT2D eigenvalue weighted by molar-refractivity contribution is 5.91. The quantitative estimate of drug-likeness (QED) is 0.353. The van der Waals surface area contributed by atoms with Crippen LogP contribution in [0.15, 0.2) is 60.7 Å². The Hall–Kier alpha value is -3.82. The Bertz CT molecular complexity index is 1340. The number of carbonyl (C=O) groups excluding carboxylic acids is 2. The molecule has 0 radical (unpaired) electrons. The summed E-state index contributed by atoms with van der Waals surface area (Å²) in [4.78, 5) is 31.5. The van der Waals surface area contributed by atoms with Gasteiger partial charge in [0.2, 0.25) is 5.91 Å². The molecule has 2 aromatic carbocycles. The van der Waals surface area contributed by atoms with Gasteiger partial charge in [0, 0.05) is 30.2 Å². The lowest BCUT2D eigenvalue weighted by Crippen LogP contribution is -2.48. The van der Waals surface area contributed by atoms with Gasteiger partial charge in [0.05, 0.1) is 5.52 Å². The maximum atomic E-state index is 13.6. The number of ether oxygens (including phenoxy) is 1. The van der Waals surface area contributed by atoms with Crippen LogP contribution in [0.2, 0.25) is 0 Å². The van der Waals surface area contributed by atoms with E-state index in [0.29, 0.717) is 29.5 Å². The van der Waals surface area contributed by atoms with Gasteiger partial charge >= 0.3 is 12.3 Å². The van der Waals surface area contributed by atoms with Crippen LogP contribution >= 0.6 is 0 Å². The number of anilines is 1. The molecule has 0 aliphatic heterocycles. The number of hydrogen-bond donors (Lipinski definition) is 2. The van der Waals surface area contributed by atoms with Crippen molar-refractivity contribution in [3.63, 3.8) is 0 Å². The Kier molecular flexibility index (Phi) is 8.56. The monoisotopic (exact) mass is 556 g/mol. The van der Waals surface area contributed by atoms with Crippen molar-refractivity contribution >= 4 is 28.6 Å². The first-order chi connectivity index (χ1) is 18.8. The van der Waals surface area contributed by atoms with E-state index in [9.17, 15) is 22.8 Å². The second-order valence-corrected chi connectivity index (χ2v) is 11.2. The summed E-state index contributed by atoms with van der Waals surface area (Å²) in [5.74, 6) is -0.348. The fourth-order valence-corrected chi connectivity index (χ4v) is 5.02. The lowest BCUT2D eigenvalue weighted by Gasteiger charge is -2.34. The number of hydrogen-bond acceptors (Lipinski definition) is 5. The molecule has 2 N–H and O–H groups in total. The van der Waals surface area contributed by atoms with E-state index in [0.717, 1.165) is 18.9 Å². The molecule has 1 heterocycles. The topological polar surface area (TPSA) is 83.6 Å². The van der Waals surface area contributed by atoms with Crippen LogP contribution in [0.1, 0.15) is 63.8 Å². The molecule has 214 valence electrons. The second-order valence-electron chi connectivity index (χ2n) is 11.2. The maximum absolute atomic E-state index is 13.6. The van der Waals surface area contributed by atoms with Gasteiger partial charge in [0.15, 0.2) is 0 Å². The number of nitrogens with zero attached hydrogens (tertiary/aromatic N) is 2. The van der Waals surface area contributed by atoms with E-state index in [1.807, 2.05) is 6.07 Å². The molecule has 1 fully saturated rings. The first-order valence-corrected chi connectivity index (χ1v) is 13.4. The number of aromatic nitrogens is 1. The van der Waals surface area contributed by atoms with Crippen molar-refractivity contribution in [1.29, 1.82) is 0 Å². The van der Waals surface area contributed by atoms with Crippen LogP contribution in [-0.2, 0) is 15.7 Å². The number of amides is 2. The average molecular weight is 557 g/mol. The zero-order chi connectivity index (χ0) is 29.1. The van der Waals surface area contributed by atoms with Crippen molar-refractivity contribution in [3.8, 4) is 0 Å². The van der Waals surface area contributed by atoms with Crippen LogP contribution in [0, 0.1) is 0 Å². The smallest absolute Gasteiger partial charge is 0.433 e. The first-order valence-electron chi connectivity index (χ1n) is 13.4. The molecule has 7 nitrogen and oxygen atoms in total. The molecule has 2 amide bonds. The molecule has 3 atom stereocenters. The summed E-state index contributed by atoms with van der Waals surface area (Å²) in [6, 6.07) is 15.4. The summed E-state index contributed by atoms with van der Waals surface area (Å²) >= 11 is 0. The number of carbonyl (C=O) groups is 2. The Morgan fingerprint density at radius 3 is 2.33 bits per heavy atom. The van der Waals surface area contributed by atoms with E-state index in [4.69, 9.17) is 4.74 Å². The van der Waals surface area contributed by atoms with Gasteiger partial charge in [-0.1, -0.05) is 48.5 Å². The molecule has 0 spiro atoms. The third kappa shape index (κ3) is 7.22. The Morgan fingerprint density at radius 1 is 1.00 bits per heavy atom. The fraction of sp³-hybridized carbons (Fsp3) is 0.433.